The summed E-state index contributed by atoms with van der Waals surface area (Å²) < 4.78 is 12.4. The lowest BCUT2D eigenvalue weighted by atomic mass is 10.1. The van der Waals surface area contributed by atoms with Crippen molar-refractivity contribution in [2.45, 2.75) is 13.8 Å². The molecule has 0 spiro atoms. The number of hydrogen-bond acceptors (Lipinski definition) is 2. The molecule has 0 radical (unpaired) electrons. The van der Waals surface area contributed by atoms with Gasteiger partial charge in [-0.15, -0.1) is 0 Å². The van der Waals surface area contributed by atoms with Gasteiger partial charge in [-0.2, -0.15) is 0 Å². The van der Waals surface area contributed by atoms with Crippen molar-refractivity contribution in [3.05, 3.63) is 120 Å². The lowest BCUT2D eigenvalue weighted by Crippen LogP contribution is -1.87. The Labute approximate surface area is 199 Å². The predicted octanol–water partition coefficient (Wildman–Crippen LogP) is 9.35. The number of ether oxygens (including phenoxy) is 2. The Morgan fingerprint density at radius 1 is 0.324 bits per heavy atom. The first-order chi connectivity index (χ1) is 16.6. The number of fused-ring (bicyclic) bond motifs is 3. The van der Waals surface area contributed by atoms with Crippen LogP contribution in [0.1, 0.15) is 11.1 Å². The summed E-state index contributed by atoms with van der Waals surface area (Å²) in [6.07, 6.45) is 0. The SMILES string of the molecule is Cc1ccc2ccc(Oc3ccc4ccc(Oc5ccc6ccc(C)cc6c5)cc4c3)cc2c1. The molecule has 0 atom stereocenters. The van der Waals surface area contributed by atoms with Crippen LogP contribution in [0.5, 0.6) is 23.0 Å². The molecule has 2 heteroatoms. The van der Waals surface area contributed by atoms with Crippen molar-refractivity contribution in [3.8, 4) is 23.0 Å². The fourth-order valence-corrected chi connectivity index (χ4v) is 4.42. The van der Waals surface area contributed by atoms with Crippen molar-refractivity contribution in [1.82, 2.24) is 0 Å². The van der Waals surface area contributed by atoms with Crippen LogP contribution < -0.4 is 9.47 Å². The van der Waals surface area contributed by atoms with E-state index in [0.717, 1.165) is 33.8 Å². The fourth-order valence-electron chi connectivity index (χ4n) is 4.42. The summed E-state index contributed by atoms with van der Waals surface area (Å²) in [6.45, 7) is 4.21. The molecule has 0 fully saturated rings. The first kappa shape index (κ1) is 20.3. The van der Waals surface area contributed by atoms with Crippen LogP contribution in [0.4, 0.5) is 0 Å². The molecule has 0 unspecified atom stereocenters. The van der Waals surface area contributed by atoms with Crippen molar-refractivity contribution in [2.24, 2.45) is 0 Å². The molecule has 0 heterocycles. The minimum absolute atomic E-state index is 0.804. The highest BCUT2D eigenvalue weighted by Gasteiger charge is 2.05. The molecular formula is C32H24O2. The summed E-state index contributed by atoms with van der Waals surface area (Å²) >= 11 is 0. The van der Waals surface area contributed by atoms with Crippen LogP contribution >= 0.6 is 0 Å². The summed E-state index contributed by atoms with van der Waals surface area (Å²) in [5, 5.41) is 6.99. The van der Waals surface area contributed by atoms with E-state index in [-0.39, 0.29) is 0 Å². The van der Waals surface area contributed by atoms with Crippen LogP contribution in [-0.4, -0.2) is 0 Å². The second-order valence-electron chi connectivity index (χ2n) is 8.90. The summed E-state index contributed by atoms with van der Waals surface area (Å²) in [7, 11) is 0. The Morgan fingerprint density at radius 3 is 0.971 bits per heavy atom. The van der Waals surface area contributed by atoms with Gasteiger partial charge in [-0.3, -0.25) is 0 Å². The topological polar surface area (TPSA) is 18.5 Å². The minimum atomic E-state index is 0.804. The summed E-state index contributed by atoms with van der Waals surface area (Å²) in [6, 6.07) is 37.6. The summed E-state index contributed by atoms with van der Waals surface area (Å²) in [4.78, 5) is 0. The second-order valence-corrected chi connectivity index (χ2v) is 8.90. The van der Waals surface area contributed by atoms with Gasteiger partial charge >= 0.3 is 0 Å². The highest BCUT2D eigenvalue weighted by atomic mass is 16.5. The molecule has 6 aromatic rings. The van der Waals surface area contributed by atoms with E-state index in [2.05, 4.69) is 98.8 Å². The van der Waals surface area contributed by atoms with Gasteiger partial charge in [0.1, 0.15) is 23.0 Å². The van der Waals surface area contributed by atoms with Crippen molar-refractivity contribution >= 4 is 32.3 Å². The molecule has 0 saturated heterocycles. The molecule has 0 bridgehead atoms. The van der Waals surface area contributed by atoms with E-state index in [4.69, 9.17) is 9.47 Å². The number of rotatable bonds is 4. The monoisotopic (exact) mass is 440 g/mol. The van der Waals surface area contributed by atoms with Crippen molar-refractivity contribution < 1.29 is 9.47 Å². The van der Waals surface area contributed by atoms with Gasteiger partial charge in [0.25, 0.3) is 0 Å². The smallest absolute Gasteiger partial charge is 0.128 e. The molecule has 164 valence electrons. The van der Waals surface area contributed by atoms with Gasteiger partial charge in [-0.1, -0.05) is 71.8 Å². The van der Waals surface area contributed by atoms with E-state index < -0.39 is 0 Å². The second kappa shape index (κ2) is 8.24. The number of hydrogen-bond donors (Lipinski definition) is 0. The minimum Gasteiger partial charge on any atom is -0.457 e. The van der Waals surface area contributed by atoms with Gasteiger partial charge in [0.05, 0.1) is 0 Å². The van der Waals surface area contributed by atoms with E-state index in [0.29, 0.717) is 0 Å². The molecule has 6 rings (SSSR count). The molecule has 0 N–H and O–H groups in total. The highest BCUT2D eigenvalue weighted by Crippen LogP contribution is 2.32. The Bertz CT molecular complexity index is 1560. The summed E-state index contributed by atoms with van der Waals surface area (Å²) in [5.74, 6) is 3.27. The van der Waals surface area contributed by atoms with Crippen LogP contribution in [0.2, 0.25) is 0 Å². The predicted molar refractivity (Wildman–Crippen MR) is 141 cm³/mol. The van der Waals surface area contributed by atoms with Crippen LogP contribution in [0, 0.1) is 13.8 Å². The lowest BCUT2D eigenvalue weighted by Gasteiger charge is -2.11. The number of benzene rings is 6. The maximum Gasteiger partial charge on any atom is 0.128 e. The van der Waals surface area contributed by atoms with Crippen molar-refractivity contribution in [3.63, 3.8) is 0 Å². The Hall–Kier alpha value is -4.30. The van der Waals surface area contributed by atoms with Crippen LogP contribution in [0.15, 0.2) is 109 Å². The third kappa shape index (κ3) is 4.06. The standard InChI is InChI=1S/C32H24O2/c1-21-3-5-23-7-11-29(17-26(23)15-21)33-31-13-9-25-10-14-32(20-28(25)19-31)34-30-12-8-24-6-4-22(2)16-27(24)18-30/h3-20H,1-2H3. The average Bonchev–Trinajstić information content (AvgIpc) is 2.83. The first-order valence-corrected chi connectivity index (χ1v) is 11.5. The summed E-state index contributed by atoms with van der Waals surface area (Å²) in [5.41, 5.74) is 2.48. The van der Waals surface area contributed by atoms with Crippen LogP contribution in [0.3, 0.4) is 0 Å². The van der Waals surface area contributed by atoms with Gasteiger partial charge in [0, 0.05) is 0 Å². The average molecular weight is 441 g/mol. The Morgan fingerprint density at radius 2 is 0.618 bits per heavy atom. The third-order valence-electron chi connectivity index (χ3n) is 6.19. The van der Waals surface area contributed by atoms with Crippen molar-refractivity contribution in [2.75, 3.05) is 0 Å². The van der Waals surface area contributed by atoms with E-state index in [1.54, 1.807) is 0 Å². The third-order valence-corrected chi connectivity index (χ3v) is 6.19. The fraction of sp³-hybridized carbons (Fsp3) is 0.0625. The quantitative estimate of drug-likeness (QED) is 0.272. The van der Waals surface area contributed by atoms with Crippen LogP contribution in [-0.2, 0) is 0 Å². The maximum absolute atomic E-state index is 6.21. The molecule has 0 saturated carbocycles. The molecule has 0 aliphatic rings. The largest absolute Gasteiger partial charge is 0.457 e. The maximum atomic E-state index is 6.21. The highest BCUT2D eigenvalue weighted by molar-refractivity contribution is 5.87. The van der Waals surface area contributed by atoms with Crippen molar-refractivity contribution in [1.29, 1.82) is 0 Å². The molecule has 2 nitrogen and oxygen atoms in total. The molecule has 0 aliphatic heterocycles. The van der Waals surface area contributed by atoms with E-state index in [1.807, 2.05) is 24.3 Å². The van der Waals surface area contributed by atoms with Gasteiger partial charge in [0.15, 0.2) is 0 Å². The first-order valence-electron chi connectivity index (χ1n) is 11.5. The van der Waals surface area contributed by atoms with E-state index in [9.17, 15) is 0 Å². The van der Waals surface area contributed by atoms with E-state index in [1.165, 1.54) is 32.7 Å². The molecule has 0 aliphatic carbocycles. The van der Waals surface area contributed by atoms with Crippen LogP contribution in [0.25, 0.3) is 32.3 Å². The molecular weight excluding hydrogens is 416 g/mol. The number of aryl methyl sites for hydroxylation is 2. The lowest BCUT2D eigenvalue weighted by molar-refractivity contribution is 0.482. The Balaban J connectivity index is 1.28. The van der Waals surface area contributed by atoms with Gasteiger partial charge < -0.3 is 9.47 Å². The van der Waals surface area contributed by atoms with E-state index >= 15 is 0 Å². The molecule has 34 heavy (non-hydrogen) atoms. The Kier molecular flexibility index (Phi) is 4.92. The molecule has 0 aromatic heterocycles. The zero-order chi connectivity index (χ0) is 23.1. The normalized spacial score (nSPS) is 11.2. The zero-order valence-electron chi connectivity index (χ0n) is 19.2. The van der Waals surface area contributed by atoms with Gasteiger partial charge in [-0.25, -0.2) is 0 Å². The van der Waals surface area contributed by atoms with Gasteiger partial charge in [-0.05, 0) is 94.7 Å². The zero-order valence-corrected chi connectivity index (χ0v) is 19.2. The molecule has 0 amide bonds. The van der Waals surface area contributed by atoms with Gasteiger partial charge in [0.2, 0.25) is 0 Å². The molecule has 6 aromatic carbocycles.